The molecule has 0 amide bonds. The van der Waals surface area contributed by atoms with Gasteiger partial charge < -0.3 is 37.2 Å². The van der Waals surface area contributed by atoms with E-state index >= 15 is 0 Å². The molecule has 0 N–H and O–H groups in total. The van der Waals surface area contributed by atoms with E-state index in [1.165, 1.54) is 38.9 Å². The Labute approximate surface area is 345 Å². The van der Waals surface area contributed by atoms with E-state index in [9.17, 15) is 0 Å². The summed E-state index contributed by atoms with van der Waals surface area (Å²) in [6.45, 7) is 47.1. The van der Waals surface area contributed by atoms with Crippen molar-refractivity contribution in [2.75, 3.05) is 0 Å². The third kappa shape index (κ3) is 8.10. The Morgan fingerprint density at radius 1 is 0.400 bits per heavy atom. The van der Waals surface area contributed by atoms with E-state index in [1.54, 1.807) is 53.0 Å². The summed E-state index contributed by atoms with van der Waals surface area (Å²) in [6.07, 6.45) is 0. The molecule has 0 fully saturated rings. The fourth-order valence-corrected chi connectivity index (χ4v) is 24.0. The molecule has 4 aromatic carbocycles. The average Bonchev–Trinajstić information content (AvgIpc) is 3.07. The first-order valence-electron chi connectivity index (χ1n) is 17.5. The zero-order valence-corrected chi connectivity index (χ0v) is 42.4. The van der Waals surface area contributed by atoms with Crippen LogP contribution in [0, 0.1) is 69.2 Å². The topological polar surface area (TPSA) is 0 Å². The molecule has 0 nitrogen and oxygen atoms in total. The summed E-state index contributed by atoms with van der Waals surface area (Å²) in [7, 11) is -7.84. The predicted octanol–water partition coefficient (Wildman–Crippen LogP) is -1.49. The Balaban J connectivity index is 0.00000600. The van der Waals surface area contributed by atoms with Gasteiger partial charge in [0, 0.05) is 0 Å². The van der Waals surface area contributed by atoms with E-state index in [4.69, 9.17) is 0 Å². The summed E-state index contributed by atoms with van der Waals surface area (Å²) < 4.78 is 0. The summed E-state index contributed by atoms with van der Waals surface area (Å²) >= 11 is 0. The molecule has 0 radical (unpaired) electrons. The monoisotopic (exact) mass is 832 g/mol. The van der Waals surface area contributed by atoms with Crippen LogP contribution in [0.1, 0.15) is 55.6 Å². The molecule has 0 spiro atoms. The van der Waals surface area contributed by atoms with E-state index in [-0.39, 0.29) is 58.9 Å². The van der Waals surface area contributed by atoms with Crippen LogP contribution in [0.15, 0.2) is 36.4 Å². The van der Waals surface area contributed by atoms with E-state index in [0.717, 1.165) is 0 Å². The van der Waals surface area contributed by atoms with Gasteiger partial charge in [-0.25, -0.2) is 0 Å². The Bertz CT molecular complexity index is 1660. The van der Waals surface area contributed by atoms with E-state index in [1.807, 2.05) is 0 Å². The molecule has 0 bridgehead atoms. The average molecular weight is 835 g/mol. The zero-order chi connectivity index (χ0) is 35.1. The summed E-state index contributed by atoms with van der Waals surface area (Å²) in [4.78, 5) is 0. The molecule has 0 aliphatic heterocycles. The Hall–Kier alpha value is -0.538. The number of halogens is 3. The minimum Gasteiger partial charge on any atom is -1.00 e. The number of hydrogen-bond donors (Lipinski definition) is 0. The molecule has 272 valence electrons. The fraction of sp³-hybridized carbons (Fsp3) is 0.452. The first kappa shape index (κ1) is 49.5. The van der Waals surface area contributed by atoms with Crippen molar-refractivity contribution in [3.8, 4) is 0 Å². The van der Waals surface area contributed by atoms with Crippen LogP contribution >= 0.6 is 0 Å². The van der Waals surface area contributed by atoms with Gasteiger partial charge in [0.05, 0.1) is 24.2 Å². The maximum Gasteiger partial charge on any atom is 4.00 e. The summed E-state index contributed by atoms with van der Waals surface area (Å²) in [5, 5.41) is 11.5. The van der Waals surface area contributed by atoms with Crippen molar-refractivity contribution in [2.45, 2.75) is 128 Å². The number of hydrogen-bond acceptors (Lipinski definition) is 0. The minimum atomic E-state index is -2.87. The van der Waals surface area contributed by atoms with Gasteiger partial charge in [0.2, 0.25) is 0 Å². The molecule has 0 saturated carbocycles. The van der Waals surface area contributed by atoms with Crippen LogP contribution in [0.3, 0.4) is 0 Å². The van der Waals surface area contributed by atoms with E-state index in [2.05, 4.69) is 165 Å². The molecule has 0 saturated heterocycles. The molecule has 0 heterocycles. The Morgan fingerprint density at radius 2 is 0.660 bits per heavy atom. The van der Waals surface area contributed by atoms with Gasteiger partial charge in [0.1, 0.15) is 0 Å². The standard InChI is InChI=1S/C42H63Si4.3ClH.Ti/c1-26-20-23-36(33(8)39(26)43(11,12)13)46(42-31(6)29(4)30(5)32(42)7,37-24-21-27(2)40(34(37)9)44(14,15)16)38-25-22-28(3)41(35(38)10)45(17,18)19;;;;/h20-25H,1-19H3;3*1H;/q-1;;;;+4/p-3. The van der Waals surface area contributed by atoms with Gasteiger partial charge in [-0.3, -0.25) is 0 Å². The number of rotatable bonds is 7. The molecule has 0 aromatic heterocycles. The minimum absolute atomic E-state index is 0. The second-order valence-corrected chi connectivity index (χ2v) is 36.3. The van der Waals surface area contributed by atoms with Gasteiger partial charge >= 0.3 is 21.7 Å². The number of aryl methyl sites for hydroxylation is 3. The summed E-state index contributed by atoms with van der Waals surface area (Å²) in [5.41, 5.74) is 15.1. The third-order valence-electron chi connectivity index (χ3n) is 11.3. The smallest absolute Gasteiger partial charge is 1.00 e. The first-order valence-corrected chi connectivity index (χ1v) is 30.0. The molecule has 4 aromatic rings. The third-order valence-corrected chi connectivity index (χ3v) is 23.7. The van der Waals surface area contributed by atoms with Gasteiger partial charge in [-0.2, -0.15) is 27.4 Å². The fourth-order valence-electron chi connectivity index (χ4n) is 9.84. The van der Waals surface area contributed by atoms with Crippen molar-refractivity contribution >= 4 is 68.6 Å². The van der Waals surface area contributed by atoms with Crippen LogP contribution in [0.4, 0.5) is 0 Å². The molecule has 4 rings (SSSR count). The van der Waals surface area contributed by atoms with Gasteiger partial charge in [0.25, 0.3) is 0 Å². The molecule has 0 unspecified atom stereocenters. The molecule has 50 heavy (non-hydrogen) atoms. The SMILES string of the molecule is Cc1ccc([Si](c2ccc(C)c([Si](C)(C)C)c2C)(c2ccc(C)c([Si](C)(C)C)c2C)c2c(C)c(C)c(C)[c-]2C)c(C)c1[Si](C)(C)C.[Cl-].[Cl-].[Cl-].[Ti+4]. The Morgan fingerprint density at radius 3 is 0.860 bits per heavy atom. The second kappa shape index (κ2) is 16.9. The molecule has 0 atom stereocenters. The van der Waals surface area contributed by atoms with Crippen LogP contribution in [-0.4, -0.2) is 32.3 Å². The van der Waals surface area contributed by atoms with E-state index < -0.39 is 32.3 Å². The molecular formula is C42H63Cl3Si4Ti. The van der Waals surface area contributed by atoms with Gasteiger partial charge in [-0.05, 0) is 57.1 Å². The molecule has 8 heteroatoms. The Kier molecular flexibility index (Phi) is 16.7. The summed E-state index contributed by atoms with van der Waals surface area (Å²) in [5.74, 6) is 0. The van der Waals surface area contributed by atoms with Crippen molar-refractivity contribution in [3.05, 3.63) is 92.0 Å². The van der Waals surface area contributed by atoms with E-state index in [0.29, 0.717) is 0 Å². The van der Waals surface area contributed by atoms with Crippen LogP contribution in [0.5, 0.6) is 0 Å². The van der Waals surface area contributed by atoms with Crippen LogP contribution < -0.4 is 73.5 Å². The van der Waals surface area contributed by atoms with Crippen LogP contribution in [-0.2, 0) is 21.7 Å². The largest absolute Gasteiger partial charge is 4.00 e. The van der Waals surface area contributed by atoms with Crippen molar-refractivity contribution in [1.82, 2.24) is 0 Å². The summed E-state index contributed by atoms with van der Waals surface area (Å²) in [6, 6.07) is 15.3. The van der Waals surface area contributed by atoms with Gasteiger partial charge in [-0.1, -0.05) is 172 Å². The predicted molar refractivity (Wildman–Crippen MR) is 222 cm³/mol. The zero-order valence-electron chi connectivity index (χ0n) is 34.6. The maximum atomic E-state index is 2.60. The second-order valence-electron chi connectivity index (χ2n) is 17.7. The quantitative estimate of drug-likeness (QED) is 0.121. The van der Waals surface area contributed by atoms with Crippen LogP contribution in [0.25, 0.3) is 0 Å². The van der Waals surface area contributed by atoms with Crippen molar-refractivity contribution in [1.29, 1.82) is 0 Å². The van der Waals surface area contributed by atoms with Crippen molar-refractivity contribution < 1.29 is 58.9 Å². The molecule has 0 aliphatic carbocycles. The number of benzene rings is 3. The van der Waals surface area contributed by atoms with Crippen molar-refractivity contribution in [2.24, 2.45) is 0 Å². The maximum absolute atomic E-state index is 2.87. The first-order chi connectivity index (χ1) is 20.9. The normalized spacial score (nSPS) is 12.1. The molecular weight excluding hydrogens is 771 g/mol. The molecule has 0 aliphatic rings. The van der Waals surface area contributed by atoms with Crippen LogP contribution in [0.2, 0.25) is 58.9 Å². The van der Waals surface area contributed by atoms with Gasteiger partial charge in [-0.15, -0.1) is 0 Å². The van der Waals surface area contributed by atoms with Crippen molar-refractivity contribution in [3.63, 3.8) is 0 Å². The van der Waals surface area contributed by atoms with Gasteiger partial charge in [0.15, 0.2) is 8.07 Å².